The molecule has 3 heteroatoms. The Labute approximate surface area is 190 Å². The molecular weight excluding hydrogens is 384 g/mol. The predicted octanol–water partition coefficient (Wildman–Crippen LogP) is 5.86. The summed E-state index contributed by atoms with van der Waals surface area (Å²) in [5.74, 6) is 3.29. The number of allylic oxidation sites excluding steroid dienone is 1. The van der Waals surface area contributed by atoms with Gasteiger partial charge in [-0.3, -0.25) is 0 Å². The van der Waals surface area contributed by atoms with Crippen LogP contribution in [0.5, 0.6) is 0 Å². The van der Waals surface area contributed by atoms with Gasteiger partial charge in [0.2, 0.25) is 0 Å². The van der Waals surface area contributed by atoms with Gasteiger partial charge in [-0.15, -0.1) is 0 Å². The van der Waals surface area contributed by atoms with Crippen LogP contribution in [-0.4, -0.2) is 33.1 Å². The van der Waals surface area contributed by atoms with E-state index in [1.54, 1.807) is 0 Å². The summed E-state index contributed by atoms with van der Waals surface area (Å²) in [4.78, 5) is 0. The summed E-state index contributed by atoms with van der Waals surface area (Å²) in [6.45, 7) is 11.9. The monoisotopic (exact) mass is 432 g/mol. The SMILES string of the molecule is CCC(C)CCCC(C)[C@H]1CC[C@H]2C3=CC(O)C4(O)CC(O)CC[C@]4(C)[C@H]3CC[C@]12C. The predicted molar refractivity (Wildman–Crippen MR) is 127 cm³/mol. The van der Waals surface area contributed by atoms with Gasteiger partial charge in [-0.1, -0.05) is 72.0 Å². The molecule has 3 nitrogen and oxygen atoms in total. The molecule has 0 aromatic carbocycles. The van der Waals surface area contributed by atoms with Crippen molar-refractivity contribution in [1.82, 2.24) is 0 Å². The first-order valence-corrected chi connectivity index (χ1v) is 13.4. The molecule has 0 heterocycles. The van der Waals surface area contributed by atoms with Gasteiger partial charge in [0.1, 0.15) is 11.7 Å². The average Bonchev–Trinajstić information content (AvgIpc) is 3.07. The minimum atomic E-state index is -1.19. The molecule has 3 fully saturated rings. The number of rotatable bonds is 6. The standard InChI is InChI=1S/C28H48O3/c1-6-18(2)8-7-9-19(3)22-10-11-23-21-16-25(30)28(31)17-20(29)12-15-27(28,5)24(21)13-14-26(22,23)4/h16,18-20,22-25,29-31H,6-15,17H2,1-5H3/t18?,19?,20?,22-,23+,24+,25?,26-,27-,28?/m1/s1. The molecule has 4 aliphatic carbocycles. The van der Waals surface area contributed by atoms with Gasteiger partial charge in [0.15, 0.2) is 0 Å². The van der Waals surface area contributed by atoms with E-state index in [0.29, 0.717) is 23.7 Å². The van der Waals surface area contributed by atoms with Crippen LogP contribution in [0.3, 0.4) is 0 Å². The third kappa shape index (κ3) is 3.66. The van der Waals surface area contributed by atoms with E-state index >= 15 is 0 Å². The lowest BCUT2D eigenvalue weighted by Gasteiger charge is -2.62. The van der Waals surface area contributed by atoms with Crippen molar-refractivity contribution in [3.05, 3.63) is 11.6 Å². The molecule has 31 heavy (non-hydrogen) atoms. The van der Waals surface area contributed by atoms with E-state index in [0.717, 1.165) is 37.0 Å². The molecular formula is C28H48O3. The minimum Gasteiger partial charge on any atom is -0.393 e. The first-order chi connectivity index (χ1) is 14.6. The van der Waals surface area contributed by atoms with Crippen LogP contribution in [0.4, 0.5) is 0 Å². The molecule has 0 amide bonds. The maximum Gasteiger partial charge on any atom is 0.102 e. The van der Waals surface area contributed by atoms with Crippen molar-refractivity contribution in [1.29, 1.82) is 0 Å². The number of aliphatic hydroxyl groups excluding tert-OH is 2. The number of hydrogen-bond donors (Lipinski definition) is 3. The third-order valence-corrected chi connectivity index (χ3v) is 11.1. The maximum atomic E-state index is 11.6. The molecule has 4 rings (SSSR count). The smallest absolute Gasteiger partial charge is 0.102 e. The second-order valence-corrected chi connectivity index (χ2v) is 12.6. The van der Waals surface area contributed by atoms with E-state index in [1.165, 1.54) is 50.5 Å². The molecule has 0 bridgehead atoms. The Bertz CT molecular complexity index is 688. The Morgan fingerprint density at radius 3 is 2.45 bits per heavy atom. The first-order valence-electron chi connectivity index (χ1n) is 13.4. The van der Waals surface area contributed by atoms with E-state index in [-0.39, 0.29) is 5.41 Å². The summed E-state index contributed by atoms with van der Waals surface area (Å²) < 4.78 is 0. The summed E-state index contributed by atoms with van der Waals surface area (Å²) in [5.41, 5.74) is 0.280. The number of hydrogen-bond acceptors (Lipinski definition) is 3. The zero-order valence-corrected chi connectivity index (χ0v) is 20.7. The fraction of sp³-hybridized carbons (Fsp3) is 0.929. The fourth-order valence-corrected chi connectivity index (χ4v) is 8.71. The molecule has 0 aromatic rings. The van der Waals surface area contributed by atoms with Crippen LogP contribution >= 0.6 is 0 Å². The Morgan fingerprint density at radius 2 is 1.74 bits per heavy atom. The lowest BCUT2D eigenvalue weighted by Crippen LogP contribution is -2.65. The molecule has 0 aromatic heterocycles. The van der Waals surface area contributed by atoms with Gasteiger partial charge < -0.3 is 15.3 Å². The van der Waals surface area contributed by atoms with E-state index < -0.39 is 17.8 Å². The second kappa shape index (κ2) is 8.44. The van der Waals surface area contributed by atoms with Gasteiger partial charge >= 0.3 is 0 Å². The molecule has 0 saturated heterocycles. The maximum absolute atomic E-state index is 11.6. The molecule has 3 saturated carbocycles. The van der Waals surface area contributed by atoms with Crippen LogP contribution < -0.4 is 0 Å². The van der Waals surface area contributed by atoms with Gasteiger partial charge in [-0.25, -0.2) is 0 Å². The van der Waals surface area contributed by atoms with Crippen LogP contribution in [0.2, 0.25) is 0 Å². The molecule has 178 valence electrons. The van der Waals surface area contributed by atoms with Crippen LogP contribution in [-0.2, 0) is 0 Å². The van der Waals surface area contributed by atoms with Crippen molar-refractivity contribution < 1.29 is 15.3 Å². The summed E-state index contributed by atoms with van der Waals surface area (Å²) in [7, 11) is 0. The van der Waals surface area contributed by atoms with Crippen LogP contribution in [0.1, 0.15) is 105 Å². The van der Waals surface area contributed by atoms with E-state index in [1.807, 2.05) is 6.08 Å². The molecule has 0 spiro atoms. The largest absolute Gasteiger partial charge is 0.393 e. The number of aliphatic hydroxyl groups is 3. The Kier molecular flexibility index (Phi) is 6.47. The summed E-state index contributed by atoms with van der Waals surface area (Å²) >= 11 is 0. The van der Waals surface area contributed by atoms with E-state index in [4.69, 9.17) is 0 Å². The van der Waals surface area contributed by atoms with Crippen molar-refractivity contribution in [2.75, 3.05) is 0 Å². The molecule has 10 atom stereocenters. The summed E-state index contributed by atoms with van der Waals surface area (Å²) in [6.07, 6.45) is 12.8. The zero-order valence-electron chi connectivity index (χ0n) is 20.7. The van der Waals surface area contributed by atoms with Crippen molar-refractivity contribution in [2.24, 2.45) is 40.4 Å². The van der Waals surface area contributed by atoms with Gasteiger partial charge in [0.05, 0.1) is 6.10 Å². The Morgan fingerprint density at radius 1 is 1.00 bits per heavy atom. The molecule has 4 aliphatic rings. The Balaban J connectivity index is 1.54. The third-order valence-electron chi connectivity index (χ3n) is 11.1. The van der Waals surface area contributed by atoms with E-state index in [9.17, 15) is 15.3 Å². The van der Waals surface area contributed by atoms with E-state index in [2.05, 4.69) is 34.6 Å². The lowest BCUT2D eigenvalue weighted by molar-refractivity contribution is -0.210. The van der Waals surface area contributed by atoms with Crippen LogP contribution in [0.25, 0.3) is 0 Å². The first kappa shape index (κ1) is 23.8. The summed E-state index contributed by atoms with van der Waals surface area (Å²) in [5, 5.41) is 33.0. The molecule has 5 unspecified atom stereocenters. The lowest BCUT2D eigenvalue weighted by atomic mass is 9.45. The highest BCUT2D eigenvalue weighted by molar-refractivity contribution is 5.33. The van der Waals surface area contributed by atoms with Crippen LogP contribution in [0, 0.1) is 40.4 Å². The summed E-state index contributed by atoms with van der Waals surface area (Å²) in [6, 6.07) is 0. The van der Waals surface area contributed by atoms with Crippen LogP contribution in [0.15, 0.2) is 11.6 Å². The van der Waals surface area contributed by atoms with Crippen molar-refractivity contribution in [3.63, 3.8) is 0 Å². The second-order valence-electron chi connectivity index (χ2n) is 12.6. The quantitative estimate of drug-likeness (QED) is 0.460. The topological polar surface area (TPSA) is 60.7 Å². The molecule has 0 aliphatic heterocycles. The molecule has 3 N–H and O–H groups in total. The Hall–Kier alpha value is -0.380. The van der Waals surface area contributed by atoms with Gasteiger partial charge in [-0.05, 0) is 73.5 Å². The highest BCUT2D eigenvalue weighted by Gasteiger charge is 2.64. The van der Waals surface area contributed by atoms with Gasteiger partial charge in [0.25, 0.3) is 0 Å². The van der Waals surface area contributed by atoms with Gasteiger partial charge in [-0.2, -0.15) is 0 Å². The minimum absolute atomic E-state index is 0.308. The molecule has 0 radical (unpaired) electrons. The van der Waals surface area contributed by atoms with Crippen molar-refractivity contribution in [3.8, 4) is 0 Å². The normalized spacial score (nSPS) is 48.9. The fourth-order valence-electron chi connectivity index (χ4n) is 8.71. The van der Waals surface area contributed by atoms with Crippen molar-refractivity contribution >= 4 is 0 Å². The average molecular weight is 433 g/mol. The highest BCUT2D eigenvalue weighted by atomic mass is 16.3. The number of fused-ring (bicyclic) bond motifs is 5. The highest BCUT2D eigenvalue weighted by Crippen LogP contribution is 2.67. The van der Waals surface area contributed by atoms with Crippen molar-refractivity contribution in [2.45, 2.75) is 123 Å². The van der Waals surface area contributed by atoms with Gasteiger partial charge in [0, 0.05) is 11.8 Å². The zero-order chi connectivity index (χ0) is 22.6.